The lowest BCUT2D eigenvalue weighted by molar-refractivity contribution is 0.0924. The number of rotatable bonds is 11. The number of ether oxygens (including phenoxy) is 2. The van der Waals surface area contributed by atoms with Gasteiger partial charge in [0, 0.05) is 12.1 Å². The zero-order chi connectivity index (χ0) is 21.5. The number of amides is 2. The third kappa shape index (κ3) is 4.58. The van der Waals surface area contributed by atoms with Crippen molar-refractivity contribution in [3.8, 4) is 11.5 Å². The molecule has 160 valence electrons. The van der Waals surface area contributed by atoms with Crippen LogP contribution < -0.4 is 20.1 Å². The van der Waals surface area contributed by atoms with Gasteiger partial charge in [0.25, 0.3) is 11.8 Å². The minimum absolute atomic E-state index is 0.365. The number of carbonyl (C=O) groups excluding carboxylic acids is 2. The highest BCUT2D eigenvalue weighted by molar-refractivity contribution is 6.34. The summed E-state index contributed by atoms with van der Waals surface area (Å²) in [5.41, 5.74) is 7.78. The maximum Gasteiger partial charge on any atom is 0.266 e. The average molecular weight is 411 g/mol. The minimum atomic E-state index is -0.365. The zero-order valence-electron chi connectivity index (χ0n) is 17.8. The van der Waals surface area contributed by atoms with Crippen LogP contribution in [-0.4, -0.2) is 25.0 Å². The molecule has 0 aliphatic carbocycles. The van der Waals surface area contributed by atoms with Gasteiger partial charge in [0.05, 0.1) is 35.7 Å². The summed E-state index contributed by atoms with van der Waals surface area (Å²) in [5, 5.41) is 0. The van der Waals surface area contributed by atoms with Gasteiger partial charge < -0.3 is 15.2 Å². The summed E-state index contributed by atoms with van der Waals surface area (Å²) in [6.45, 7) is 5.25. The van der Waals surface area contributed by atoms with E-state index in [1.54, 1.807) is 36.4 Å². The molecule has 0 atom stereocenters. The lowest BCUT2D eigenvalue weighted by atomic mass is 10.1. The normalized spacial score (nSPS) is 12.9. The molecule has 6 nitrogen and oxygen atoms in total. The van der Waals surface area contributed by atoms with E-state index in [-0.39, 0.29) is 11.8 Å². The predicted molar refractivity (Wildman–Crippen MR) is 118 cm³/mol. The summed E-state index contributed by atoms with van der Waals surface area (Å²) in [6.07, 6.45) is 6.05. The van der Waals surface area contributed by atoms with Crippen LogP contribution >= 0.6 is 0 Å². The number of imide groups is 1. The van der Waals surface area contributed by atoms with Crippen LogP contribution in [-0.2, 0) is 0 Å². The second kappa shape index (κ2) is 10.1. The Morgan fingerprint density at radius 2 is 1.33 bits per heavy atom. The number of carbonyl (C=O) groups is 2. The van der Waals surface area contributed by atoms with Crippen molar-refractivity contribution in [1.82, 2.24) is 0 Å². The largest absolute Gasteiger partial charge is 0.491 e. The molecule has 1 aliphatic heterocycles. The molecule has 30 heavy (non-hydrogen) atoms. The third-order valence-electron chi connectivity index (χ3n) is 5.14. The first kappa shape index (κ1) is 21.7. The smallest absolute Gasteiger partial charge is 0.266 e. The van der Waals surface area contributed by atoms with Crippen LogP contribution in [0.5, 0.6) is 11.5 Å². The van der Waals surface area contributed by atoms with E-state index in [2.05, 4.69) is 13.8 Å². The molecule has 0 spiro atoms. The number of fused-ring (bicyclic) bond motifs is 1. The first-order valence-corrected chi connectivity index (χ1v) is 10.7. The molecule has 0 bridgehead atoms. The number of anilines is 2. The number of nitrogen functional groups attached to an aromatic ring is 1. The number of hydrogen-bond donors (Lipinski definition) is 1. The zero-order valence-corrected chi connectivity index (χ0v) is 17.8. The van der Waals surface area contributed by atoms with Crippen LogP contribution in [0.3, 0.4) is 0 Å². The van der Waals surface area contributed by atoms with E-state index in [4.69, 9.17) is 15.2 Å². The molecule has 2 N–H and O–H groups in total. The van der Waals surface area contributed by atoms with Crippen molar-refractivity contribution in [1.29, 1.82) is 0 Å². The fraction of sp³-hybridized carbons (Fsp3) is 0.417. The SMILES string of the molecule is CCCCCOc1cc(N2C(=O)c3ccccc3C2=O)c(OCCCCC)cc1N. The Kier molecular flexibility index (Phi) is 7.33. The minimum Gasteiger partial charge on any atom is -0.491 e. The van der Waals surface area contributed by atoms with Gasteiger partial charge >= 0.3 is 0 Å². The molecule has 3 rings (SSSR count). The number of hydrogen-bond acceptors (Lipinski definition) is 5. The van der Waals surface area contributed by atoms with Gasteiger partial charge in [0.15, 0.2) is 0 Å². The second-order valence-electron chi connectivity index (χ2n) is 7.46. The fourth-order valence-electron chi connectivity index (χ4n) is 3.46. The molecule has 1 aliphatic rings. The van der Waals surface area contributed by atoms with Gasteiger partial charge in [-0.25, -0.2) is 4.90 Å². The van der Waals surface area contributed by atoms with Gasteiger partial charge in [-0.3, -0.25) is 9.59 Å². The van der Waals surface area contributed by atoms with Gasteiger partial charge in [0.1, 0.15) is 11.5 Å². The Morgan fingerprint density at radius 1 is 0.800 bits per heavy atom. The number of nitrogens with zero attached hydrogens (tertiary/aromatic N) is 1. The van der Waals surface area contributed by atoms with Crippen molar-refractivity contribution in [2.45, 2.75) is 52.4 Å². The van der Waals surface area contributed by atoms with E-state index >= 15 is 0 Å². The van der Waals surface area contributed by atoms with Crippen molar-refractivity contribution in [2.75, 3.05) is 23.8 Å². The predicted octanol–water partition coefficient (Wildman–Crippen LogP) is 5.21. The van der Waals surface area contributed by atoms with Crippen molar-refractivity contribution < 1.29 is 19.1 Å². The Balaban J connectivity index is 1.93. The summed E-state index contributed by atoms with van der Waals surface area (Å²) in [6, 6.07) is 10.1. The van der Waals surface area contributed by atoms with E-state index < -0.39 is 0 Å². The molecule has 6 heteroatoms. The molecule has 2 aromatic rings. The molecular formula is C24H30N2O4. The number of unbranched alkanes of at least 4 members (excludes halogenated alkanes) is 4. The van der Waals surface area contributed by atoms with Crippen LogP contribution in [0, 0.1) is 0 Å². The highest BCUT2D eigenvalue weighted by Crippen LogP contribution is 2.40. The summed E-state index contributed by atoms with van der Waals surface area (Å²) in [5.74, 6) is 0.143. The van der Waals surface area contributed by atoms with Crippen LogP contribution in [0.1, 0.15) is 73.1 Å². The monoisotopic (exact) mass is 410 g/mol. The van der Waals surface area contributed by atoms with Gasteiger partial charge in [-0.2, -0.15) is 0 Å². The standard InChI is InChI=1S/C24H30N2O4/c1-3-5-9-13-29-21-16-20(22(15-19(21)25)30-14-10-6-4-2)26-23(27)17-11-7-8-12-18(17)24(26)28/h7-8,11-12,15-16H,3-6,9-10,13-14,25H2,1-2H3. The van der Waals surface area contributed by atoms with Crippen molar-refractivity contribution in [2.24, 2.45) is 0 Å². The lowest BCUT2D eigenvalue weighted by Crippen LogP contribution is -2.30. The van der Waals surface area contributed by atoms with Crippen molar-refractivity contribution in [3.63, 3.8) is 0 Å². The maximum absolute atomic E-state index is 13.0. The fourth-order valence-corrected chi connectivity index (χ4v) is 3.46. The first-order valence-electron chi connectivity index (χ1n) is 10.7. The van der Waals surface area contributed by atoms with Crippen molar-refractivity contribution >= 4 is 23.2 Å². The highest BCUT2D eigenvalue weighted by Gasteiger charge is 2.38. The highest BCUT2D eigenvalue weighted by atomic mass is 16.5. The Bertz CT molecular complexity index is 875. The summed E-state index contributed by atoms with van der Waals surface area (Å²) < 4.78 is 11.8. The first-order chi connectivity index (χ1) is 14.6. The Morgan fingerprint density at radius 3 is 1.87 bits per heavy atom. The van der Waals surface area contributed by atoms with Gasteiger partial charge in [-0.05, 0) is 25.0 Å². The Labute approximate surface area is 178 Å². The second-order valence-corrected chi connectivity index (χ2v) is 7.46. The van der Waals surface area contributed by atoms with E-state index in [1.807, 2.05) is 0 Å². The van der Waals surface area contributed by atoms with E-state index in [0.717, 1.165) is 43.4 Å². The summed E-state index contributed by atoms with van der Waals surface area (Å²) in [7, 11) is 0. The Hall–Kier alpha value is -3.02. The maximum atomic E-state index is 13.0. The van der Waals surface area contributed by atoms with Crippen molar-refractivity contribution in [3.05, 3.63) is 47.5 Å². The lowest BCUT2D eigenvalue weighted by Gasteiger charge is -2.21. The van der Waals surface area contributed by atoms with Gasteiger partial charge in [0.2, 0.25) is 0 Å². The molecule has 2 amide bonds. The number of nitrogens with two attached hydrogens (primary N) is 1. The van der Waals surface area contributed by atoms with E-state index in [0.29, 0.717) is 47.2 Å². The third-order valence-corrected chi connectivity index (χ3v) is 5.14. The topological polar surface area (TPSA) is 81.9 Å². The van der Waals surface area contributed by atoms with Crippen LogP contribution in [0.2, 0.25) is 0 Å². The summed E-state index contributed by atoms with van der Waals surface area (Å²) in [4.78, 5) is 27.2. The molecule has 0 saturated carbocycles. The van der Waals surface area contributed by atoms with Crippen LogP contribution in [0.4, 0.5) is 11.4 Å². The van der Waals surface area contributed by atoms with Gasteiger partial charge in [-0.15, -0.1) is 0 Å². The van der Waals surface area contributed by atoms with E-state index in [9.17, 15) is 9.59 Å². The molecule has 0 aromatic heterocycles. The quantitative estimate of drug-likeness (QED) is 0.312. The molecule has 2 aromatic carbocycles. The molecule has 0 saturated heterocycles. The summed E-state index contributed by atoms with van der Waals surface area (Å²) >= 11 is 0. The molecule has 0 unspecified atom stereocenters. The molecule has 0 fully saturated rings. The van der Waals surface area contributed by atoms with Crippen LogP contribution in [0.25, 0.3) is 0 Å². The van der Waals surface area contributed by atoms with E-state index in [1.165, 1.54) is 0 Å². The van der Waals surface area contributed by atoms with Gasteiger partial charge in [-0.1, -0.05) is 51.7 Å². The average Bonchev–Trinajstić information content (AvgIpc) is 3.00. The number of benzene rings is 2. The molecule has 0 radical (unpaired) electrons. The molecular weight excluding hydrogens is 380 g/mol. The molecule has 1 heterocycles. The van der Waals surface area contributed by atoms with Crippen LogP contribution in [0.15, 0.2) is 36.4 Å².